The van der Waals surface area contributed by atoms with E-state index in [0.717, 1.165) is 16.9 Å². The maximum atomic E-state index is 13.3. The first kappa shape index (κ1) is 22.2. The lowest BCUT2D eigenvalue weighted by Crippen LogP contribution is -2.43. The van der Waals surface area contributed by atoms with Gasteiger partial charge in [-0.25, -0.2) is 0 Å². The standard InChI is InChI=1S/C25H28N2O4/c1-3-8-23(28)27(18-19-12-14-21(30-2)15-13-19)24(20-9-5-4-6-10-20)25(29)26-17-22-11-7-16-31-22/h4-7,9-16,24H,3,8,17-18H2,1-2H3,(H,26,29)/t24-/m0/s1. The molecule has 1 heterocycles. The first-order valence-corrected chi connectivity index (χ1v) is 10.4. The molecule has 1 atom stereocenters. The lowest BCUT2D eigenvalue weighted by Gasteiger charge is -2.31. The molecule has 0 spiro atoms. The van der Waals surface area contributed by atoms with Crippen LogP contribution in [0, 0.1) is 0 Å². The van der Waals surface area contributed by atoms with E-state index in [-0.39, 0.29) is 18.4 Å². The monoisotopic (exact) mass is 420 g/mol. The van der Waals surface area contributed by atoms with Gasteiger partial charge < -0.3 is 19.4 Å². The van der Waals surface area contributed by atoms with Crippen molar-refractivity contribution in [1.82, 2.24) is 10.2 Å². The zero-order chi connectivity index (χ0) is 22.1. The lowest BCUT2D eigenvalue weighted by atomic mass is 10.0. The Morgan fingerprint density at radius 2 is 1.77 bits per heavy atom. The van der Waals surface area contributed by atoms with Crippen LogP contribution in [0.2, 0.25) is 0 Å². The molecule has 162 valence electrons. The zero-order valence-corrected chi connectivity index (χ0v) is 17.9. The summed E-state index contributed by atoms with van der Waals surface area (Å²) in [6, 6.07) is 19.7. The van der Waals surface area contributed by atoms with Crippen molar-refractivity contribution >= 4 is 11.8 Å². The van der Waals surface area contributed by atoms with Crippen molar-refractivity contribution in [2.24, 2.45) is 0 Å². The predicted octanol–water partition coefficient (Wildman–Crippen LogP) is 4.47. The third kappa shape index (κ3) is 5.98. The average Bonchev–Trinajstić information content (AvgIpc) is 3.32. The molecule has 0 aliphatic heterocycles. The van der Waals surface area contributed by atoms with Crippen molar-refractivity contribution in [3.05, 3.63) is 89.9 Å². The summed E-state index contributed by atoms with van der Waals surface area (Å²) in [5.41, 5.74) is 1.68. The fraction of sp³-hybridized carbons (Fsp3) is 0.280. The molecule has 2 aromatic carbocycles. The molecular formula is C25H28N2O4. The van der Waals surface area contributed by atoms with E-state index in [0.29, 0.717) is 25.1 Å². The molecule has 3 rings (SSSR count). The molecule has 1 N–H and O–H groups in total. The van der Waals surface area contributed by atoms with Crippen LogP contribution in [0.1, 0.15) is 42.7 Å². The molecular weight excluding hydrogens is 392 g/mol. The highest BCUT2D eigenvalue weighted by atomic mass is 16.5. The van der Waals surface area contributed by atoms with Crippen LogP contribution >= 0.6 is 0 Å². The summed E-state index contributed by atoms with van der Waals surface area (Å²) in [6.45, 7) is 2.53. The second kappa shape index (κ2) is 11.0. The minimum Gasteiger partial charge on any atom is -0.497 e. The van der Waals surface area contributed by atoms with Crippen LogP contribution in [0.3, 0.4) is 0 Å². The van der Waals surface area contributed by atoms with E-state index in [1.165, 1.54) is 0 Å². The van der Waals surface area contributed by atoms with Crippen molar-refractivity contribution in [3.63, 3.8) is 0 Å². The van der Waals surface area contributed by atoms with Gasteiger partial charge >= 0.3 is 0 Å². The SMILES string of the molecule is CCCC(=O)N(Cc1ccc(OC)cc1)[C@H](C(=O)NCc1ccco1)c1ccccc1. The van der Waals surface area contributed by atoms with E-state index in [1.54, 1.807) is 30.4 Å². The maximum absolute atomic E-state index is 13.3. The number of hydrogen-bond donors (Lipinski definition) is 1. The van der Waals surface area contributed by atoms with E-state index < -0.39 is 6.04 Å². The Labute approximate surface area is 182 Å². The highest BCUT2D eigenvalue weighted by Crippen LogP contribution is 2.26. The molecule has 0 aliphatic carbocycles. The van der Waals surface area contributed by atoms with Gasteiger partial charge in [0.05, 0.1) is 19.9 Å². The molecule has 3 aromatic rings. The molecule has 0 fully saturated rings. The second-order valence-electron chi connectivity index (χ2n) is 7.23. The Bertz CT molecular complexity index is 953. The first-order chi connectivity index (χ1) is 15.1. The Kier molecular flexibility index (Phi) is 7.87. The normalized spacial score (nSPS) is 11.5. The van der Waals surface area contributed by atoms with Gasteiger partial charge in [-0.05, 0) is 41.8 Å². The number of carbonyl (C=O) groups excluding carboxylic acids is 2. The van der Waals surface area contributed by atoms with Gasteiger partial charge in [0.25, 0.3) is 0 Å². The molecule has 6 nitrogen and oxygen atoms in total. The average molecular weight is 421 g/mol. The number of rotatable bonds is 10. The van der Waals surface area contributed by atoms with Gasteiger partial charge in [-0.3, -0.25) is 9.59 Å². The molecule has 1 aromatic heterocycles. The number of furan rings is 1. The molecule has 6 heteroatoms. The zero-order valence-electron chi connectivity index (χ0n) is 17.9. The summed E-state index contributed by atoms with van der Waals surface area (Å²) in [4.78, 5) is 28.1. The van der Waals surface area contributed by atoms with E-state index in [4.69, 9.17) is 9.15 Å². The third-order valence-corrected chi connectivity index (χ3v) is 4.99. The van der Waals surface area contributed by atoms with Gasteiger partial charge in [-0.2, -0.15) is 0 Å². The number of nitrogens with zero attached hydrogens (tertiary/aromatic N) is 1. The fourth-order valence-corrected chi connectivity index (χ4v) is 3.40. The number of benzene rings is 2. The van der Waals surface area contributed by atoms with E-state index in [9.17, 15) is 9.59 Å². The quantitative estimate of drug-likeness (QED) is 0.525. The largest absolute Gasteiger partial charge is 0.497 e. The minimum absolute atomic E-state index is 0.0691. The summed E-state index contributed by atoms with van der Waals surface area (Å²) >= 11 is 0. The molecule has 0 saturated carbocycles. The highest BCUT2D eigenvalue weighted by Gasteiger charge is 2.31. The van der Waals surface area contributed by atoms with Gasteiger partial charge in [-0.15, -0.1) is 0 Å². The van der Waals surface area contributed by atoms with Crippen LogP contribution in [0.5, 0.6) is 5.75 Å². The van der Waals surface area contributed by atoms with E-state index in [2.05, 4.69) is 5.32 Å². The van der Waals surface area contributed by atoms with Crippen molar-refractivity contribution in [3.8, 4) is 5.75 Å². The van der Waals surface area contributed by atoms with Crippen LogP contribution in [-0.4, -0.2) is 23.8 Å². The Morgan fingerprint density at radius 1 is 1.03 bits per heavy atom. The molecule has 0 aliphatic rings. The summed E-state index contributed by atoms with van der Waals surface area (Å²) in [5.74, 6) is 1.08. The Balaban J connectivity index is 1.90. The van der Waals surface area contributed by atoms with Crippen molar-refractivity contribution in [2.45, 2.75) is 38.9 Å². The molecule has 31 heavy (non-hydrogen) atoms. The van der Waals surface area contributed by atoms with Crippen LogP contribution in [0.25, 0.3) is 0 Å². The number of hydrogen-bond acceptors (Lipinski definition) is 4. The number of carbonyl (C=O) groups is 2. The number of methoxy groups -OCH3 is 1. The van der Waals surface area contributed by atoms with Gasteiger partial charge in [0.2, 0.25) is 11.8 Å². The number of ether oxygens (including phenoxy) is 1. The minimum atomic E-state index is -0.752. The second-order valence-corrected chi connectivity index (χ2v) is 7.23. The van der Waals surface area contributed by atoms with E-state index in [1.807, 2.05) is 61.5 Å². The van der Waals surface area contributed by atoms with Gasteiger partial charge in [0, 0.05) is 13.0 Å². The van der Waals surface area contributed by atoms with Gasteiger partial charge in [-0.1, -0.05) is 49.4 Å². The van der Waals surface area contributed by atoms with Crippen molar-refractivity contribution < 1.29 is 18.7 Å². The van der Waals surface area contributed by atoms with E-state index >= 15 is 0 Å². The number of amides is 2. The number of nitrogens with one attached hydrogen (secondary N) is 1. The molecule has 0 saturated heterocycles. The lowest BCUT2D eigenvalue weighted by molar-refractivity contribution is -0.141. The first-order valence-electron chi connectivity index (χ1n) is 10.4. The molecule has 0 bridgehead atoms. The maximum Gasteiger partial charge on any atom is 0.247 e. The third-order valence-electron chi connectivity index (χ3n) is 4.99. The molecule has 2 amide bonds. The summed E-state index contributed by atoms with van der Waals surface area (Å²) in [7, 11) is 1.61. The van der Waals surface area contributed by atoms with Gasteiger partial charge in [0.1, 0.15) is 17.6 Å². The Morgan fingerprint density at radius 3 is 2.39 bits per heavy atom. The summed E-state index contributed by atoms with van der Waals surface area (Å²) in [5, 5.41) is 2.92. The van der Waals surface area contributed by atoms with Crippen LogP contribution in [0.15, 0.2) is 77.4 Å². The predicted molar refractivity (Wildman–Crippen MR) is 118 cm³/mol. The highest BCUT2D eigenvalue weighted by molar-refractivity contribution is 5.88. The van der Waals surface area contributed by atoms with Crippen molar-refractivity contribution in [2.75, 3.05) is 7.11 Å². The van der Waals surface area contributed by atoms with Gasteiger partial charge in [0.15, 0.2) is 0 Å². The Hall–Kier alpha value is -3.54. The molecule has 0 radical (unpaired) electrons. The topological polar surface area (TPSA) is 71.8 Å². The fourth-order valence-electron chi connectivity index (χ4n) is 3.40. The summed E-state index contributed by atoms with van der Waals surface area (Å²) < 4.78 is 10.6. The van der Waals surface area contributed by atoms with Crippen LogP contribution in [0.4, 0.5) is 0 Å². The smallest absolute Gasteiger partial charge is 0.247 e. The van der Waals surface area contributed by atoms with Crippen molar-refractivity contribution in [1.29, 1.82) is 0 Å². The molecule has 0 unspecified atom stereocenters. The van der Waals surface area contributed by atoms with Crippen LogP contribution in [-0.2, 0) is 22.7 Å². The summed E-state index contributed by atoms with van der Waals surface area (Å²) in [6.07, 6.45) is 2.63. The van der Waals surface area contributed by atoms with Crippen LogP contribution < -0.4 is 10.1 Å².